The lowest BCUT2D eigenvalue weighted by molar-refractivity contribution is 0.194. The molecule has 3 N–H and O–H groups in total. The Morgan fingerprint density at radius 1 is 1.17 bits per heavy atom. The van der Waals surface area contributed by atoms with Crippen LogP contribution in [0.3, 0.4) is 0 Å². The fourth-order valence-corrected chi connectivity index (χ4v) is 1.57. The van der Waals surface area contributed by atoms with Gasteiger partial charge < -0.3 is 15.5 Å². The Morgan fingerprint density at radius 3 is 2.04 bits per heavy atom. The molecule has 0 aliphatic heterocycles. The molecule has 0 bridgehead atoms. The monoisotopic (exact) mass is 327 g/mol. The molecule has 1 rings (SSSR count). The van der Waals surface area contributed by atoms with Crippen LogP contribution in [0.25, 0.3) is 0 Å². The molecule has 23 heavy (non-hydrogen) atoms. The Hall–Kier alpha value is -1.55. The largest absolute Gasteiger partial charge is 0.465 e. The molecule has 0 aromatic heterocycles. The number of aryl methyl sites for hydroxylation is 2. The van der Waals surface area contributed by atoms with Crippen LogP contribution in [0, 0.1) is 12.8 Å². The molecule has 0 unspecified atom stereocenters. The summed E-state index contributed by atoms with van der Waals surface area (Å²) < 4.78 is 0. The van der Waals surface area contributed by atoms with Gasteiger partial charge in [-0.2, -0.15) is 0 Å². The fourth-order valence-electron chi connectivity index (χ4n) is 1.57. The number of rotatable bonds is 5. The van der Waals surface area contributed by atoms with Crippen molar-refractivity contribution in [1.29, 1.82) is 0 Å². The van der Waals surface area contributed by atoms with E-state index in [4.69, 9.17) is 10.2 Å². The van der Waals surface area contributed by atoms with Gasteiger partial charge in [-0.15, -0.1) is 0 Å². The van der Waals surface area contributed by atoms with Gasteiger partial charge in [-0.3, -0.25) is 0 Å². The van der Waals surface area contributed by atoms with E-state index in [9.17, 15) is 4.79 Å². The molecule has 0 saturated heterocycles. The van der Waals surface area contributed by atoms with Crippen molar-refractivity contribution in [2.24, 2.45) is 5.92 Å². The summed E-state index contributed by atoms with van der Waals surface area (Å²) in [6.07, 6.45) is 2.43. The van der Waals surface area contributed by atoms with Gasteiger partial charge in [-0.1, -0.05) is 58.9 Å². The van der Waals surface area contributed by atoms with Crippen LogP contribution in [0.4, 0.5) is 4.79 Å². The van der Waals surface area contributed by atoms with Crippen LogP contribution >= 0.6 is 0 Å². The fraction of sp³-hybridized carbons (Fsp3) is 0.632. The van der Waals surface area contributed by atoms with Crippen molar-refractivity contribution in [3.63, 3.8) is 0 Å². The summed E-state index contributed by atoms with van der Waals surface area (Å²) in [5, 5.41) is 17.1. The second-order valence-electron chi connectivity index (χ2n) is 5.09. The van der Waals surface area contributed by atoms with Crippen molar-refractivity contribution in [1.82, 2.24) is 5.32 Å². The molecule has 0 heterocycles. The van der Waals surface area contributed by atoms with Gasteiger partial charge in [-0.25, -0.2) is 4.79 Å². The Bertz CT molecular complexity index is 365. The van der Waals surface area contributed by atoms with E-state index in [1.807, 2.05) is 20.8 Å². The lowest BCUT2D eigenvalue weighted by Crippen LogP contribution is -2.20. The SMILES string of the molecule is CC.CCCNC(=O)O.CO.Cc1ccccc1CCC(C)C. The average Bonchev–Trinajstić information content (AvgIpc) is 2.56. The molecule has 1 amide bonds. The number of nitrogens with one attached hydrogen (secondary N) is 1. The molecule has 0 fully saturated rings. The third kappa shape index (κ3) is 20.4. The normalized spacial score (nSPS) is 8.57. The molecule has 0 radical (unpaired) electrons. The van der Waals surface area contributed by atoms with E-state index < -0.39 is 6.09 Å². The van der Waals surface area contributed by atoms with Crippen LogP contribution in [0.2, 0.25) is 0 Å². The third-order valence-electron chi connectivity index (χ3n) is 2.78. The summed E-state index contributed by atoms with van der Waals surface area (Å²) in [4.78, 5) is 9.65. The van der Waals surface area contributed by atoms with Gasteiger partial charge in [0.05, 0.1) is 0 Å². The Kier molecular flexibility index (Phi) is 23.4. The molecule has 4 nitrogen and oxygen atoms in total. The minimum absolute atomic E-state index is 0.551. The molecule has 136 valence electrons. The van der Waals surface area contributed by atoms with E-state index in [1.54, 1.807) is 0 Å². The van der Waals surface area contributed by atoms with Crippen molar-refractivity contribution in [3.8, 4) is 0 Å². The second-order valence-corrected chi connectivity index (χ2v) is 5.09. The zero-order valence-electron chi connectivity index (χ0n) is 16.0. The van der Waals surface area contributed by atoms with E-state index in [-0.39, 0.29) is 0 Å². The Morgan fingerprint density at radius 2 is 1.70 bits per heavy atom. The van der Waals surface area contributed by atoms with Gasteiger partial charge >= 0.3 is 6.09 Å². The standard InChI is InChI=1S/C12H18.C4H9NO2.C2H6.CH4O/c1-10(2)8-9-12-7-5-4-6-11(12)3;1-2-3-5-4(6)7;2*1-2/h4-7,10H,8-9H2,1-3H3;5H,2-3H2,1H3,(H,6,7);1-2H3;2H,1H3. The van der Waals surface area contributed by atoms with Crippen LogP contribution in [0.15, 0.2) is 24.3 Å². The van der Waals surface area contributed by atoms with Gasteiger partial charge in [0.25, 0.3) is 0 Å². The smallest absolute Gasteiger partial charge is 0.404 e. The highest BCUT2D eigenvalue weighted by Crippen LogP contribution is 2.12. The number of aliphatic hydroxyl groups is 1. The van der Waals surface area contributed by atoms with Crippen LogP contribution < -0.4 is 5.32 Å². The maximum atomic E-state index is 9.65. The van der Waals surface area contributed by atoms with Crippen molar-refractivity contribution in [2.75, 3.05) is 13.7 Å². The first-order valence-corrected chi connectivity index (χ1v) is 8.43. The molecular weight excluding hydrogens is 290 g/mol. The van der Waals surface area contributed by atoms with E-state index in [0.717, 1.165) is 19.4 Å². The van der Waals surface area contributed by atoms with Crippen LogP contribution in [0.1, 0.15) is 58.6 Å². The van der Waals surface area contributed by atoms with E-state index in [1.165, 1.54) is 24.0 Å². The molecule has 0 atom stereocenters. The highest BCUT2D eigenvalue weighted by atomic mass is 16.4. The maximum absolute atomic E-state index is 9.65. The third-order valence-corrected chi connectivity index (χ3v) is 2.78. The number of hydrogen-bond acceptors (Lipinski definition) is 2. The first-order chi connectivity index (χ1) is 11.0. The summed E-state index contributed by atoms with van der Waals surface area (Å²) in [6, 6.07) is 8.66. The Labute approximate surface area is 142 Å². The van der Waals surface area contributed by atoms with Crippen molar-refractivity contribution in [2.45, 2.75) is 60.8 Å². The number of hydrogen-bond donors (Lipinski definition) is 3. The van der Waals surface area contributed by atoms with Gasteiger partial charge in [0.2, 0.25) is 0 Å². The average molecular weight is 328 g/mol. The number of carboxylic acid groups (broad SMARTS) is 1. The molecule has 1 aromatic rings. The summed E-state index contributed by atoms with van der Waals surface area (Å²) in [5.41, 5.74) is 2.93. The van der Waals surface area contributed by atoms with Crippen molar-refractivity contribution in [3.05, 3.63) is 35.4 Å². The van der Waals surface area contributed by atoms with E-state index in [2.05, 4.69) is 50.4 Å². The van der Waals surface area contributed by atoms with Crippen LogP contribution in [-0.4, -0.2) is 30.0 Å². The van der Waals surface area contributed by atoms with Gasteiger partial charge in [0.15, 0.2) is 0 Å². The molecule has 0 aliphatic rings. The maximum Gasteiger partial charge on any atom is 0.404 e. The predicted molar refractivity (Wildman–Crippen MR) is 100 cm³/mol. The second kappa shape index (κ2) is 20.5. The van der Waals surface area contributed by atoms with E-state index >= 15 is 0 Å². The summed E-state index contributed by atoms with van der Waals surface area (Å²) in [6.45, 7) is 13.2. The van der Waals surface area contributed by atoms with Gasteiger partial charge in [0.1, 0.15) is 0 Å². The lowest BCUT2D eigenvalue weighted by atomic mass is 9.99. The highest BCUT2D eigenvalue weighted by molar-refractivity contribution is 5.64. The van der Waals surface area contributed by atoms with Gasteiger partial charge in [0, 0.05) is 13.7 Å². The topological polar surface area (TPSA) is 69.6 Å². The molecule has 0 aliphatic carbocycles. The predicted octanol–water partition coefficient (Wildman–Crippen LogP) is 4.88. The molecule has 0 spiro atoms. The van der Waals surface area contributed by atoms with E-state index in [0.29, 0.717) is 6.54 Å². The first kappa shape index (κ1) is 26.4. The van der Waals surface area contributed by atoms with Crippen LogP contribution in [-0.2, 0) is 6.42 Å². The molecule has 4 heteroatoms. The van der Waals surface area contributed by atoms with Gasteiger partial charge in [-0.05, 0) is 43.2 Å². The number of amides is 1. The minimum Gasteiger partial charge on any atom is -0.465 e. The first-order valence-electron chi connectivity index (χ1n) is 8.43. The van der Waals surface area contributed by atoms with Crippen molar-refractivity contribution >= 4 is 6.09 Å². The quantitative estimate of drug-likeness (QED) is 0.721. The molecule has 1 aromatic carbocycles. The molecule has 0 saturated carbocycles. The lowest BCUT2D eigenvalue weighted by Gasteiger charge is -2.06. The zero-order chi connectivity index (χ0) is 18.7. The molecular formula is C19H37NO3. The zero-order valence-corrected chi connectivity index (χ0v) is 16.0. The number of carbonyl (C=O) groups is 1. The van der Waals surface area contributed by atoms with Crippen molar-refractivity contribution < 1.29 is 15.0 Å². The summed E-state index contributed by atoms with van der Waals surface area (Å²) >= 11 is 0. The number of aliphatic hydroxyl groups excluding tert-OH is 1. The minimum atomic E-state index is -0.943. The summed E-state index contributed by atoms with van der Waals surface area (Å²) in [5.74, 6) is 0.810. The van der Waals surface area contributed by atoms with Crippen LogP contribution in [0.5, 0.6) is 0 Å². The summed E-state index contributed by atoms with van der Waals surface area (Å²) in [7, 11) is 1.00. The Balaban J connectivity index is -0.000000312. The highest BCUT2D eigenvalue weighted by Gasteiger charge is 1.98. The number of benzene rings is 1.